The number of rotatable bonds is 6. The quantitative estimate of drug-likeness (QED) is 0.625. The third kappa shape index (κ3) is 4.25. The number of benzene rings is 1. The second-order valence-corrected chi connectivity index (χ2v) is 6.29. The molecule has 0 atom stereocenters. The molecule has 0 aromatic heterocycles. The van der Waals surface area contributed by atoms with Gasteiger partial charge in [-0.25, -0.2) is 0 Å². The largest absolute Gasteiger partial charge is 0.395 e. The minimum Gasteiger partial charge on any atom is -0.395 e. The molecular weight excluding hydrogens is 336 g/mol. The van der Waals surface area contributed by atoms with Crippen molar-refractivity contribution in [3.05, 3.63) is 38.3 Å². The minimum atomic E-state index is -0.370. The predicted octanol–water partition coefficient (Wildman–Crippen LogP) is 3.48. The summed E-state index contributed by atoms with van der Waals surface area (Å²) < 4.78 is 0.550. The topological polar surface area (TPSA) is 66.6 Å². The van der Waals surface area contributed by atoms with Crippen molar-refractivity contribution < 1.29 is 10.0 Å². The lowest BCUT2D eigenvalue weighted by atomic mass is 9.94. The highest BCUT2D eigenvalue weighted by Gasteiger charge is 2.23. The van der Waals surface area contributed by atoms with Crippen molar-refractivity contribution in [2.24, 2.45) is 0 Å². The number of nitro benzene ring substituents is 1. The molecule has 0 radical (unpaired) electrons. The van der Waals surface area contributed by atoms with Gasteiger partial charge in [-0.05, 0) is 34.3 Å². The summed E-state index contributed by atoms with van der Waals surface area (Å²) in [7, 11) is 0. The molecule has 2 rings (SSSR count). The van der Waals surface area contributed by atoms with E-state index in [0.717, 1.165) is 18.4 Å². The highest BCUT2D eigenvalue weighted by molar-refractivity contribution is 9.10. The van der Waals surface area contributed by atoms with Crippen molar-refractivity contribution in [3.63, 3.8) is 0 Å². The van der Waals surface area contributed by atoms with E-state index >= 15 is 0 Å². The van der Waals surface area contributed by atoms with E-state index in [1.54, 1.807) is 6.07 Å². The van der Waals surface area contributed by atoms with Crippen molar-refractivity contribution in [1.29, 1.82) is 0 Å². The van der Waals surface area contributed by atoms with Crippen LogP contribution in [-0.4, -0.2) is 34.1 Å². The Balaban J connectivity index is 2.16. The van der Waals surface area contributed by atoms with Crippen LogP contribution >= 0.6 is 15.9 Å². The van der Waals surface area contributed by atoms with Gasteiger partial charge in [-0.2, -0.15) is 0 Å². The number of aliphatic hydroxyl groups excluding tert-OH is 1. The van der Waals surface area contributed by atoms with Gasteiger partial charge in [0.2, 0.25) is 0 Å². The van der Waals surface area contributed by atoms with Crippen LogP contribution in [0.2, 0.25) is 0 Å². The molecule has 0 heterocycles. The molecule has 1 aliphatic carbocycles. The van der Waals surface area contributed by atoms with E-state index in [0.29, 0.717) is 23.6 Å². The molecule has 1 aromatic carbocycles. The molecule has 1 saturated carbocycles. The van der Waals surface area contributed by atoms with Gasteiger partial charge in [0.25, 0.3) is 5.69 Å². The first-order chi connectivity index (χ1) is 10.1. The van der Waals surface area contributed by atoms with Gasteiger partial charge in [0.1, 0.15) is 0 Å². The molecule has 6 heteroatoms. The average Bonchev–Trinajstić information content (AvgIpc) is 2.49. The molecule has 1 N–H and O–H groups in total. The van der Waals surface area contributed by atoms with E-state index in [9.17, 15) is 15.2 Å². The molecule has 0 spiro atoms. The van der Waals surface area contributed by atoms with Gasteiger partial charge >= 0.3 is 0 Å². The van der Waals surface area contributed by atoms with Gasteiger partial charge in [0.15, 0.2) is 0 Å². The van der Waals surface area contributed by atoms with Crippen molar-refractivity contribution in [2.75, 3.05) is 13.2 Å². The summed E-state index contributed by atoms with van der Waals surface area (Å²) in [6, 6.07) is 5.60. The Morgan fingerprint density at radius 2 is 2.05 bits per heavy atom. The number of halogens is 1. The van der Waals surface area contributed by atoms with E-state index in [2.05, 4.69) is 20.8 Å². The first-order valence-electron chi connectivity index (χ1n) is 7.40. The summed E-state index contributed by atoms with van der Waals surface area (Å²) in [6.45, 7) is 1.36. The van der Waals surface area contributed by atoms with Crippen molar-refractivity contribution in [1.82, 2.24) is 4.90 Å². The molecule has 5 nitrogen and oxygen atoms in total. The first-order valence-corrected chi connectivity index (χ1v) is 8.19. The maximum Gasteiger partial charge on any atom is 0.283 e. The first kappa shape index (κ1) is 16.4. The molecule has 1 aromatic rings. The minimum absolute atomic E-state index is 0.0973. The van der Waals surface area contributed by atoms with Crippen molar-refractivity contribution in [2.45, 2.75) is 44.7 Å². The summed E-state index contributed by atoms with van der Waals surface area (Å²) >= 11 is 3.35. The Morgan fingerprint density at radius 1 is 1.33 bits per heavy atom. The average molecular weight is 357 g/mol. The van der Waals surface area contributed by atoms with Gasteiger partial charge in [0.05, 0.1) is 16.0 Å². The fourth-order valence-corrected chi connectivity index (χ4v) is 3.55. The fraction of sp³-hybridized carbons (Fsp3) is 0.600. The summed E-state index contributed by atoms with van der Waals surface area (Å²) in [5.41, 5.74) is 1.00. The Bertz CT molecular complexity index is 490. The van der Waals surface area contributed by atoms with Crippen LogP contribution < -0.4 is 0 Å². The van der Waals surface area contributed by atoms with Crippen molar-refractivity contribution in [3.8, 4) is 0 Å². The third-order valence-electron chi connectivity index (χ3n) is 4.11. The van der Waals surface area contributed by atoms with Gasteiger partial charge < -0.3 is 5.11 Å². The molecule has 1 fully saturated rings. The van der Waals surface area contributed by atoms with E-state index in [-0.39, 0.29) is 17.2 Å². The van der Waals surface area contributed by atoms with E-state index < -0.39 is 0 Å². The lowest BCUT2D eigenvalue weighted by Crippen LogP contribution is -2.38. The van der Waals surface area contributed by atoms with Crippen LogP contribution in [0.15, 0.2) is 22.7 Å². The summed E-state index contributed by atoms with van der Waals surface area (Å²) in [6.07, 6.45) is 6.02. The lowest BCUT2D eigenvalue weighted by molar-refractivity contribution is -0.385. The molecule has 0 unspecified atom stereocenters. The molecule has 1 aliphatic rings. The number of aliphatic hydroxyl groups is 1. The zero-order valence-corrected chi connectivity index (χ0v) is 13.6. The number of nitrogens with zero attached hydrogens (tertiary/aromatic N) is 2. The molecule has 0 aliphatic heterocycles. The lowest BCUT2D eigenvalue weighted by Gasteiger charge is -2.34. The number of nitro groups is 1. The SMILES string of the molecule is O=[N+]([O-])c1cccc(CN(CCO)C2CCCCC2)c1Br. The van der Waals surface area contributed by atoms with Crippen LogP contribution in [-0.2, 0) is 6.54 Å². The van der Waals surface area contributed by atoms with Crippen LogP contribution in [0.3, 0.4) is 0 Å². The van der Waals surface area contributed by atoms with Gasteiger partial charge in [0, 0.05) is 25.2 Å². The predicted molar refractivity (Wildman–Crippen MR) is 85.2 cm³/mol. The maximum atomic E-state index is 11.0. The Morgan fingerprint density at radius 3 is 2.67 bits per heavy atom. The van der Waals surface area contributed by atoms with Gasteiger partial charge in [-0.15, -0.1) is 0 Å². The Labute approximate surface area is 133 Å². The van der Waals surface area contributed by atoms with Crippen molar-refractivity contribution >= 4 is 21.6 Å². The summed E-state index contributed by atoms with van der Waals surface area (Å²) in [5, 5.41) is 20.3. The molecule has 116 valence electrons. The second kappa shape index (κ2) is 7.87. The zero-order chi connectivity index (χ0) is 15.2. The zero-order valence-electron chi connectivity index (χ0n) is 12.0. The van der Waals surface area contributed by atoms with E-state index in [4.69, 9.17) is 0 Å². The van der Waals surface area contributed by atoms with Crippen LogP contribution in [0, 0.1) is 10.1 Å². The van der Waals surface area contributed by atoms with E-state index in [1.807, 2.05) is 6.07 Å². The van der Waals surface area contributed by atoms with Crippen LogP contribution in [0.1, 0.15) is 37.7 Å². The normalized spacial score (nSPS) is 16.3. The summed E-state index contributed by atoms with van der Waals surface area (Å²) in [5.74, 6) is 0. The molecular formula is C15H21BrN2O3. The highest BCUT2D eigenvalue weighted by atomic mass is 79.9. The molecule has 0 amide bonds. The fourth-order valence-electron chi connectivity index (χ4n) is 3.01. The molecule has 21 heavy (non-hydrogen) atoms. The summed E-state index contributed by atoms with van der Waals surface area (Å²) in [4.78, 5) is 12.9. The standard InChI is InChI=1S/C15H21BrN2O3/c16-15-12(5-4-8-14(15)18(20)21)11-17(9-10-19)13-6-2-1-3-7-13/h4-5,8,13,19H,1-3,6-7,9-11H2. The smallest absolute Gasteiger partial charge is 0.283 e. The molecule has 0 saturated heterocycles. The highest BCUT2D eigenvalue weighted by Crippen LogP contribution is 2.31. The van der Waals surface area contributed by atoms with E-state index in [1.165, 1.54) is 25.3 Å². The second-order valence-electron chi connectivity index (χ2n) is 5.49. The number of hydrogen-bond donors (Lipinski definition) is 1. The van der Waals surface area contributed by atoms with Gasteiger partial charge in [-0.3, -0.25) is 15.0 Å². The monoisotopic (exact) mass is 356 g/mol. The molecule has 0 bridgehead atoms. The Hall–Kier alpha value is -0.980. The van der Waals surface area contributed by atoms with Crippen LogP contribution in [0.25, 0.3) is 0 Å². The van der Waals surface area contributed by atoms with Crippen LogP contribution in [0.5, 0.6) is 0 Å². The third-order valence-corrected chi connectivity index (χ3v) is 5.02. The Kier molecular flexibility index (Phi) is 6.14. The van der Waals surface area contributed by atoms with Gasteiger partial charge in [-0.1, -0.05) is 31.4 Å². The number of hydrogen-bond acceptors (Lipinski definition) is 4. The van der Waals surface area contributed by atoms with Crippen LogP contribution in [0.4, 0.5) is 5.69 Å². The maximum absolute atomic E-state index is 11.0.